The highest BCUT2D eigenvalue weighted by Gasteiger charge is 2.18. The van der Waals surface area contributed by atoms with Crippen molar-refractivity contribution in [2.24, 2.45) is 5.73 Å². The van der Waals surface area contributed by atoms with Gasteiger partial charge >= 0.3 is 5.97 Å². The van der Waals surface area contributed by atoms with E-state index in [0.717, 1.165) is 11.3 Å². The summed E-state index contributed by atoms with van der Waals surface area (Å²) >= 11 is 7.68. The molecule has 104 valence electrons. The SMILES string of the molecule is NC(CCSCc1cc(Cl)c2c(c1)OCO2)C(=O)O. The number of thioether (sulfide) groups is 1. The molecule has 1 aliphatic rings. The molecular formula is C12H14ClNO4S. The summed E-state index contributed by atoms with van der Waals surface area (Å²) in [5.41, 5.74) is 6.44. The maximum atomic E-state index is 10.6. The van der Waals surface area contributed by atoms with Crippen LogP contribution in [0.25, 0.3) is 0 Å². The molecule has 7 heteroatoms. The molecule has 0 fully saturated rings. The lowest BCUT2D eigenvalue weighted by atomic mass is 10.2. The monoisotopic (exact) mass is 303 g/mol. The standard InChI is InChI=1S/C12H14ClNO4S/c13-8-3-7(4-10-11(8)18-6-17-10)5-19-2-1-9(14)12(15)16/h3-4,9H,1-2,5-6,14H2,(H,15,16). The number of nitrogens with two attached hydrogens (primary N) is 1. The van der Waals surface area contributed by atoms with Crippen molar-refractivity contribution in [2.75, 3.05) is 12.5 Å². The van der Waals surface area contributed by atoms with Crippen LogP contribution in [0.4, 0.5) is 0 Å². The van der Waals surface area contributed by atoms with Crippen LogP contribution in [0.15, 0.2) is 12.1 Å². The second-order valence-corrected chi connectivity index (χ2v) is 5.61. The Labute approximate surface area is 120 Å². The van der Waals surface area contributed by atoms with Gasteiger partial charge < -0.3 is 20.3 Å². The summed E-state index contributed by atoms with van der Waals surface area (Å²) in [5.74, 6) is 1.68. The Kier molecular flexibility index (Phi) is 4.79. The zero-order valence-electron chi connectivity index (χ0n) is 10.1. The summed E-state index contributed by atoms with van der Waals surface area (Å²) in [7, 11) is 0. The molecule has 0 spiro atoms. The lowest BCUT2D eigenvalue weighted by Crippen LogP contribution is -2.30. The third kappa shape index (κ3) is 3.68. The van der Waals surface area contributed by atoms with E-state index in [4.69, 9.17) is 31.9 Å². The van der Waals surface area contributed by atoms with Gasteiger partial charge in [0.2, 0.25) is 6.79 Å². The number of benzene rings is 1. The molecule has 1 aromatic rings. The van der Waals surface area contributed by atoms with E-state index < -0.39 is 12.0 Å². The Balaban J connectivity index is 1.84. The summed E-state index contributed by atoms with van der Waals surface area (Å²) in [4.78, 5) is 10.6. The molecule has 0 saturated carbocycles. The van der Waals surface area contributed by atoms with E-state index in [0.29, 0.717) is 28.7 Å². The van der Waals surface area contributed by atoms with Crippen LogP contribution in [0.5, 0.6) is 11.5 Å². The number of ether oxygens (including phenoxy) is 2. The molecule has 1 aromatic carbocycles. The second kappa shape index (κ2) is 6.36. The predicted molar refractivity (Wildman–Crippen MR) is 74.0 cm³/mol. The fourth-order valence-corrected chi connectivity index (χ4v) is 2.88. The van der Waals surface area contributed by atoms with Gasteiger partial charge in [0.15, 0.2) is 11.5 Å². The van der Waals surface area contributed by atoms with Crippen molar-refractivity contribution in [3.05, 3.63) is 22.7 Å². The van der Waals surface area contributed by atoms with Gasteiger partial charge in [0.25, 0.3) is 0 Å². The van der Waals surface area contributed by atoms with Gasteiger partial charge in [-0.2, -0.15) is 11.8 Å². The average molecular weight is 304 g/mol. The number of carbonyl (C=O) groups is 1. The number of fused-ring (bicyclic) bond motifs is 1. The third-order valence-electron chi connectivity index (χ3n) is 2.65. The topological polar surface area (TPSA) is 81.8 Å². The summed E-state index contributed by atoms with van der Waals surface area (Å²) in [6.45, 7) is 0.194. The van der Waals surface area contributed by atoms with E-state index in [1.54, 1.807) is 11.8 Å². The molecule has 3 N–H and O–H groups in total. The third-order valence-corrected chi connectivity index (χ3v) is 3.99. The molecule has 2 rings (SSSR count). The molecule has 0 amide bonds. The first-order valence-electron chi connectivity index (χ1n) is 5.72. The highest BCUT2D eigenvalue weighted by atomic mass is 35.5. The normalized spacial score (nSPS) is 14.4. The maximum absolute atomic E-state index is 10.6. The molecule has 1 unspecified atom stereocenters. The van der Waals surface area contributed by atoms with Crippen molar-refractivity contribution < 1.29 is 19.4 Å². The fraction of sp³-hybridized carbons (Fsp3) is 0.417. The molecule has 5 nitrogen and oxygen atoms in total. The number of halogens is 1. The quantitative estimate of drug-likeness (QED) is 0.783. The van der Waals surface area contributed by atoms with Gasteiger partial charge in [0.1, 0.15) is 6.04 Å². The zero-order valence-corrected chi connectivity index (χ0v) is 11.7. The maximum Gasteiger partial charge on any atom is 0.320 e. The molecule has 0 saturated heterocycles. The second-order valence-electron chi connectivity index (χ2n) is 4.10. The Morgan fingerprint density at radius 1 is 1.53 bits per heavy atom. The van der Waals surface area contributed by atoms with Crippen molar-refractivity contribution in [2.45, 2.75) is 18.2 Å². The fourth-order valence-electron chi connectivity index (χ4n) is 1.63. The first kappa shape index (κ1) is 14.3. The van der Waals surface area contributed by atoms with Crippen LogP contribution in [0.3, 0.4) is 0 Å². The number of hydrogen-bond donors (Lipinski definition) is 2. The van der Waals surface area contributed by atoms with Crippen LogP contribution in [0.2, 0.25) is 5.02 Å². The van der Waals surface area contributed by atoms with Gasteiger partial charge in [-0.3, -0.25) is 4.79 Å². The van der Waals surface area contributed by atoms with E-state index in [9.17, 15) is 4.79 Å². The highest BCUT2D eigenvalue weighted by molar-refractivity contribution is 7.98. The predicted octanol–water partition coefficient (Wildman–Crippen LogP) is 2.10. The molecule has 0 aromatic heterocycles. The molecule has 0 bridgehead atoms. The van der Waals surface area contributed by atoms with Crippen LogP contribution in [-0.2, 0) is 10.5 Å². The van der Waals surface area contributed by atoms with Gasteiger partial charge in [-0.25, -0.2) is 0 Å². The van der Waals surface area contributed by atoms with Crippen molar-refractivity contribution in [1.82, 2.24) is 0 Å². The Morgan fingerprint density at radius 2 is 2.32 bits per heavy atom. The molecule has 0 aliphatic carbocycles. The Hall–Kier alpha value is -1.11. The van der Waals surface area contributed by atoms with Crippen LogP contribution < -0.4 is 15.2 Å². The van der Waals surface area contributed by atoms with Gasteiger partial charge in [0, 0.05) is 5.75 Å². The Bertz CT molecular complexity index is 483. The molecule has 0 radical (unpaired) electrons. The van der Waals surface area contributed by atoms with Gasteiger partial charge in [-0.15, -0.1) is 0 Å². The minimum atomic E-state index is -0.966. The number of carboxylic acid groups (broad SMARTS) is 1. The first-order valence-corrected chi connectivity index (χ1v) is 7.25. The Morgan fingerprint density at radius 3 is 3.05 bits per heavy atom. The van der Waals surface area contributed by atoms with Gasteiger partial charge in [-0.1, -0.05) is 11.6 Å². The molecular weight excluding hydrogens is 290 g/mol. The molecule has 1 aliphatic heterocycles. The van der Waals surface area contributed by atoms with Gasteiger partial charge in [0.05, 0.1) is 5.02 Å². The lowest BCUT2D eigenvalue weighted by Gasteiger charge is -2.07. The van der Waals surface area contributed by atoms with E-state index in [-0.39, 0.29) is 6.79 Å². The molecule has 1 atom stereocenters. The summed E-state index contributed by atoms with van der Waals surface area (Å²) < 4.78 is 10.5. The smallest absolute Gasteiger partial charge is 0.320 e. The minimum absolute atomic E-state index is 0.194. The lowest BCUT2D eigenvalue weighted by molar-refractivity contribution is -0.138. The van der Waals surface area contributed by atoms with Crippen molar-refractivity contribution >= 4 is 29.3 Å². The summed E-state index contributed by atoms with van der Waals surface area (Å²) in [6, 6.07) is 2.92. The number of carboxylic acids is 1. The highest BCUT2D eigenvalue weighted by Crippen LogP contribution is 2.40. The van der Waals surface area contributed by atoms with E-state index >= 15 is 0 Å². The minimum Gasteiger partial charge on any atom is -0.480 e. The summed E-state index contributed by atoms with van der Waals surface area (Å²) in [5, 5.41) is 9.19. The number of hydrogen-bond acceptors (Lipinski definition) is 5. The number of aliphatic carboxylic acids is 1. The van der Waals surface area contributed by atoms with Crippen molar-refractivity contribution in [3.63, 3.8) is 0 Å². The van der Waals surface area contributed by atoms with Crippen molar-refractivity contribution in [3.8, 4) is 11.5 Å². The van der Waals surface area contributed by atoms with Crippen LogP contribution in [-0.4, -0.2) is 29.7 Å². The van der Waals surface area contributed by atoms with Crippen molar-refractivity contribution in [1.29, 1.82) is 0 Å². The molecule has 1 heterocycles. The van der Waals surface area contributed by atoms with Crippen LogP contribution >= 0.6 is 23.4 Å². The molecule has 19 heavy (non-hydrogen) atoms. The van der Waals surface area contributed by atoms with Gasteiger partial charge in [-0.05, 0) is 29.9 Å². The van der Waals surface area contributed by atoms with E-state index in [2.05, 4.69) is 0 Å². The zero-order chi connectivity index (χ0) is 13.8. The summed E-state index contributed by atoms with van der Waals surface area (Å²) in [6.07, 6.45) is 0.443. The van der Waals surface area contributed by atoms with E-state index in [1.807, 2.05) is 12.1 Å². The van der Waals surface area contributed by atoms with Crippen LogP contribution in [0, 0.1) is 0 Å². The van der Waals surface area contributed by atoms with E-state index in [1.165, 1.54) is 0 Å². The largest absolute Gasteiger partial charge is 0.480 e. The first-order chi connectivity index (χ1) is 9.08. The van der Waals surface area contributed by atoms with Crippen LogP contribution in [0.1, 0.15) is 12.0 Å². The number of rotatable bonds is 6. The average Bonchev–Trinajstić information content (AvgIpc) is 2.83.